The predicted molar refractivity (Wildman–Crippen MR) is 293 cm³/mol. The van der Waals surface area contributed by atoms with E-state index in [1.165, 1.54) is 11.6 Å². The number of anilines is 1. The van der Waals surface area contributed by atoms with Gasteiger partial charge in [0.25, 0.3) is 0 Å². The van der Waals surface area contributed by atoms with Crippen molar-refractivity contribution in [3.8, 4) is 44.8 Å². The van der Waals surface area contributed by atoms with E-state index in [4.69, 9.17) is 20.5 Å². The molecule has 3 N–H and O–H groups in total. The van der Waals surface area contributed by atoms with Gasteiger partial charge >= 0.3 is 0 Å². The molecule has 0 radical (unpaired) electrons. The van der Waals surface area contributed by atoms with Gasteiger partial charge < -0.3 is 0 Å². The summed E-state index contributed by atoms with van der Waals surface area (Å²) in [6.07, 6.45) is 13.9. The third-order valence-corrected chi connectivity index (χ3v) is 14.1. The number of nitrogens with two attached hydrogens (primary N) is 1. The van der Waals surface area contributed by atoms with E-state index < -0.39 is 6.17 Å². The summed E-state index contributed by atoms with van der Waals surface area (Å²) in [5, 5.41) is 16.6. The van der Waals surface area contributed by atoms with Gasteiger partial charge in [0, 0.05) is 35.5 Å². The molecule has 7 heteroatoms. The molecule has 346 valence electrons. The number of fused-ring (bicyclic) bond motifs is 2. The van der Waals surface area contributed by atoms with Crippen molar-refractivity contribution in [1.82, 2.24) is 9.97 Å². The van der Waals surface area contributed by atoms with Crippen molar-refractivity contribution in [1.29, 1.82) is 0 Å². The Bertz CT molecular complexity index is 3840. The number of nitrogens with zero attached hydrogens (tertiary/aromatic N) is 3. The second kappa shape index (κ2) is 18.8. The third kappa shape index (κ3) is 8.71. The van der Waals surface area contributed by atoms with Gasteiger partial charge in [0.2, 0.25) is 5.71 Å². The fourth-order valence-corrected chi connectivity index (χ4v) is 10.4. The first-order chi connectivity index (χ1) is 35.3. The van der Waals surface area contributed by atoms with Crippen molar-refractivity contribution in [3.63, 3.8) is 0 Å². The van der Waals surface area contributed by atoms with E-state index in [0.717, 1.165) is 117 Å². The Morgan fingerprint density at radius 1 is 0.556 bits per heavy atom. The molecule has 7 aromatic carbocycles. The molecular weight excluding hydrogens is 889 g/mol. The minimum atomic E-state index is -1.01. The number of pyridine rings is 2. The zero-order valence-corrected chi connectivity index (χ0v) is 39.5. The van der Waals surface area contributed by atoms with Crippen LogP contribution in [0.25, 0.3) is 83.0 Å². The lowest BCUT2D eigenvalue weighted by Crippen LogP contribution is -2.46. The van der Waals surface area contributed by atoms with Crippen molar-refractivity contribution in [2.75, 3.05) is 5.43 Å². The molecule has 2 unspecified atom stereocenters. The lowest BCUT2D eigenvalue weighted by Gasteiger charge is -2.28. The van der Waals surface area contributed by atoms with Crippen LogP contribution in [-0.4, -0.2) is 27.6 Å². The zero-order valence-electron chi connectivity index (χ0n) is 39.5. The molecule has 0 spiro atoms. The van der Waals surface area contributed by atoms with E-state index in [-0.39, 0.29) is 11.7 Å². The zero-order chi connectivity index (χ0) is 48.7. The monoisotopic (exact) mass is 936 g/mol. The van der Waals surface area contributed by atoms with Gasteiger partial charge in [-0.25, -0.2) is 8.78 Å². The number of aromatic nitrogens is 2. The first kappa shape index (κ1) is 44.3. The molecule has 0 aliphatic heterocycles. The van der Waals surface area contributed by atoms with Crippen LogP contribution in [-0.2, 0) is 0 Å². The molecule has 3 aliphatic rings. The highest BCUT2D eigenvalue weighted by Crippen LogP contribution is 2.43. The van der Waals surface area contributed by atoms with Gasteiger partial charge in [-0.05, 0) is 187 Å². The largest absolute Gasteiger partial charge is 0.277 e. The van der Waals surface area contributed by atoms with Gasteiger partial charge in [-0.2, -0.15) is 5.10 Å². The molecule has 0 fully saturated rings. The number of nitrogens with one attached hydrogen (secondary N) is 1. The quantitative estimate of drug-likeness (QED) is 0.112. The lowest BCUT2D eigenvalue weighted by atomic mass is 9.77. The minimum Gasteiger partial charge on any atom is -0.277 e. The Kier molecular flexibility index (Phi) is 11.5. The Hall–Kier alpha value is -8.94. The number of para-hydroxylation sites is 1. The van der Waals surface area contributed by atoms with Gasteiger partial charge in [-0.3, -0.25) is 20.8 Å². The van der Waals surface area contributed by atoms with Gasteiger partial charge in [-0.1, -0.05) is 116 Å². The van der Waals surface area contributed by atoms with E-state index in [1.54, 1.807) is 24.4 Å². The summed E-state index contributed by atoms with van der Waals surface area (Å²) in [4.78, 5) is 9.59. The number of rotatable bonds is 9. The molecule has 3 aliphatic carbocycles. The summed E-state index contributed by atoms with van der Waals surface area (Å²) in [5.74, 6) is -0.100. The average molecular weight is 937 g/mol. The van der Waals surface area contributed by atoms with Crippen LogP contribution in [0.1, 0.15) is 36.5 Å². The summed E-state index contributed by atoms with van der Waals surface area (Å²) >= 11 is 0. The van der Waals surface area contributed by atoms with Crippen LogP contribution in [0.2, 0.25) is 0 Å². The predicted octanol–water partition coefficient (Wildman–Crippen LogP) is 14.8. The van der Waals surface area contributed by atoms with Crippen LogP contribution in [0.3, 0.4) is 0 Å². The van der Waals surface area contributed by atoms with E-state index in [1.807, 2.05) is 85.1 Å². The summed E-state index contributed by atoms with van der Waals surface area (Å²) in [6, 6.07) is 58.8. The van der Waals surface area contributed by atoms with Crippen LogP contribution in [0.15, 0.2) is 235 Å². The van der Waals surface area contributed by atoms with Crippen LogP contribution in [0.5, 0.6) is 0 Å². The van der Waals surface area contributed by atoms with Crippen LogP contribution in [0, 0.1) is 11.7 Å². The van der Waals surface area contributed by atoms with Gasteiger partial charge in [0.1, 0.15) is 12.0 Å². The molecule has 0 bridgehead atoms. The number of hydrogen-bond acceptors (Lipinski definition) is 4. The van der Waals surface area contributed by atoms with E-state index >= 15 is 0 Å². The normalized spacial score (nSPS) is 17.2. The number of hydrogen-bond donors (Lipinski definition) is 2. The Morgan fingerprint density at radius 2 is 1.24 bits per heavy atom. The van der Waals surface area contributed by atoms with Crippen molar-refractivity contribution in [3.05, 3.63) is 252 Å². The SMILES string of the molecule is CC1CC2=C(C=C1c1cc(C3=C/C(=N/Nc4ccccc4-c4cccc5ccccc45)C(=[NH2+])C(c4cc(-c5ccc6ccc(F)cc6c5)cc(-c5ccccn5)c4)=C3)cc(-c3ccccn3)c1)CC(F)C=C2. The topological polar surface area (TPSA) is 75.8 Å². The van der Waals surface area contributed by atoms with Crippen molar-refractivity contribution in [2.45, 2.75) is 25.9 Å². The van der Waals surface area contributed by atoms with Crippen LogP contribution in [0.4, 0.5) is 14.5 Å². The van der Waals surface area contributed by atoms with Gasteiger partial charge in [0.15, 0.2) is 5.71 Å². The second-order valence-electron chi connectivity index (χ2n) is 18.8. The molecule has 0 saturated heterocycles. The molecule has 72 heavy (non-hydrogen) atoms. The smallest absolute Gasteiger partial charge is 0.232 e. The maximum Gasteiger partial charge on any atom is 0.232 e. The molecule has 9 aromatic rings. The van der Waals surface area contributed by atoms with Crippen molar-refractivity contribution in [2.24, 2.45) is 11.0 Å². The molecule has 12 rings (SSSR count). The third-order valence-electron chi connectivity index (χ3n) is 14.1. The standard InChI is InChI=1S/C65H47F2N5/c1-40-27-43-22-24-55(67)36-48(43)37-59(40)50-30-46(32-53(33-50)62-17-7-9-26-70-62)49-38-60(65(68)64(39-49)72-71-63-18-5-4-14-58(63)57-15-10-12-42-11-2-3-13-56(42)57)51-29-45(31-52(34-51)61-16-6-8-25-69-61)44-20-19-41-21-23-54(66)35-47(41)28-44/h2-26,28-35,37-40,55,68,71H,27,36H2,1H3/p+1/b68-65?,72-64-. The fraction of sp³-hybridized carbons (Fsp3) is 0.0769. The number of halogens is 2. The molecule has 2 aromatic heterocycles. The Balaban J connectivity index is 1.05. The molecule has 2 atom stereocenters. The molecule has 5 nitrogen and oxygen atoms in total. The highest BCUT2D eigenvalue weighted by molar-refractivity contribution is 6.61. The van der Waals surface area contributed by atoms with E-state index in [9.17, 15) is 8.78 Å². The molecule has 0 amide bonds. The van der Waals surface area contributed by atoms with E-state index in [2.05, 4.69) is 115 Å². The van der Waals surface area contributed by atoms with E-state index in [0.29, 0.717) is 17.8 Å². The van der Waals surface area contributed by atoms with Crippen LogP contribution >= 0.6 is 0 Å². The number of hydrazone groups is 1. The average Bonchev–Trinajstić information content (AvgIpc) is 3.42. The molecule has 0 saturated carbocycles. The summed E-state index contributed by atoms with van der Waals surface area (Å²) in [7, 11) is 0. The molecular formula is C65H48F2N5+. The van der Waals surface area contributed by atoms with Gasteiger partial charge in [0.05, 0.1) is 22.6 Å². The maximum atomic E-state index is 14.9. The summed E-state index contributed by atoms with van der Waals surface area (Å²) in [5.41, 5.74) is 20.7. The second-order valence-corrected chi connectivity index (χ2v) is 18.8. The summed E-state index contributed by atoms with van der Waals surface area (Å²) in [6.45, 7) is 2.25. The Morgan fingerprint density at radius 3 is 2.06 bits per heavy atom. The van der Waals surface area contributed by atoms with Crippen LogP contribution < -0.4 is 10.8 Å². The first-order valence-corrected chi connectivity index (χ1v) is 24.3. The number of alkyl halides is 1. The maximum absolute atomic E-state index is 14.9. The first-order valence-electron chi connectivity index (χ1n) is 24.3. The Labute approximate surface area is 417 Å². The van der Waals surface area contributed by atoms with Crippen molar-refractivity contribution >= 4 is 55.4 Å². The highest BCUT2D eigenvalue weighted by Gasteiger charge is 2.28. The fourth-order valence-electron chi connectivity index (χ4n) is 10.4. The number of allylic oxidation sites excluding steroid dienone is 10. The minimum absolute atomic E-state index is 0.189. The van der Waals surface area contributed by atoms with Crippen molar-refractivity contribution < 1.29 is 14.2 Å². The lowest BCUT2D eigenvalue weighted by molar-refractivity contribution is -0.108. The highest BCUT2D eigenvalue weighted by atomic mass is 19.1. The summed E-state index contributed by atoms with van der Waals surface area (Å²) < 4.78 is 29.5. The van der Waals surface area contributed by atoms with Gasteiger partial charge in [-0.15, -0.1) is 0 Å². The molecule has 2 heterocycles. The number of benzene rings is 7.